The van der Waals surface area contributed by atoms with Crippen LogP contribution in [0.15, 0.2) is 30.3 Å². The standard InChI is InChI=1S/C14H11ClF3N3O/c1-21(2)11-7-10(19-13(15)20-11)12(22)8-3-5-9(6-4-8)14(16,17)18/h3-7H,1-2H3. The van der Waals surface area contributed by atoms with Gasteiger partial charge in [0.1, 0.15) is 11.5 Å². The first-order valence-corrected chi connectivity index (χ1v) is 6.50. The van der Waals surface area contributed by atoms with Crippen LogP contribution in [0.2, 0.25) is 5.28 Å². The van der Waals surface area contributed by atoms with Crippen LogP contribution in [0.3, 0.4) is 0 Å². The number of hydrogen-bond acceptors (Lipinski definition) is 4. The second-order valence-electron chi connectivity index (χ2n) is 4.68. The highest BCUT2D eigenvalue weighted by atomic mass is 35.5. The third-order valence-corrected chi connectivity index (χ3v) is 3.02. The Morgan fingerprint density at radius 1 is 1.14 bits per heavy atom. The van der Waals surface area contributed by atoms with Crippen molar-refractivity contribution >= 4 is 23.2 Å². The Balaban J connectivity index is 2.36. The first-order chi connectivity index (χ1) is 10.2. The lowest BCUT2D eigenvalue weighted by Crippen LogP contribution is -2.14. The summed E-state index contributed by atoms with van der Waals surface area (Å²) in [6, 6.07) is 5.34. The molecule has 2 aromatic rings. The fourth-order valence-corrected chi connectivity index (χ4v) is 1.89. The van der Waals surface area contributed by atoms with Gasteiger partial charge in [-0.1, -0.05) is 12.1 Å². The molecule has 0 spiro atoms. The number of alkyl halides is 3. The van der Waals surface area contributed by atoms with Gasteiger partial charge < -0.3 is 4.90 Å². The van der Waals surface area contributed by atoms with Crippen LogP contribution >= 0.6 is 11.6 Å². The third-order valence-electron chi connectivity index (χ3n) is 2.85. The van der Waals surface area contributed by atoms with Crippen LogP contribution in [0.25, 0.3) is 0 Å². The highest BCUT2D eigenvalue weighted by Crippen LogP contribution is 2.29. The molecule has 0 bridgehead atoms. The topological polar surface area (TPSA) is 46.1 Å². The Hall–Kier alpha value is -2.15. The van der Waals surface area contributed by atoms with E-state index < -0.39 is 17.5 Å². The lowest BCUT2D eigenvalue weighted by molar-refractivity contribution is -0.137. The second-order valence-corrected chi connectivity index (χ2v) is 5.02. The summed E-state index contributed by atoms with van der Waals surface area (Å²) < 4.78 is 37.5. The van der Waals surface area contributed by atoms with Gasteiger partial charge in [0.15, 0.2) is 0 Å². The maximum Gasteiger partial charge on any atom is 0.416 e. The number of carbonyl (C=O) groups is 1. The minimum Gasteiger partial charge on any atom is -0.363 e. The number of halogens is 4. The molecule has 0 amide bonds. The smallest absolute Gasteiger partial charge is 0.363 e. The molecule has 0 aliphatic heterocycles. The quantitative estimate of drug-likeness (QED) is 0.639. The summed E-state index contributed by atoms with van der Waals surface area (Å²) in [5, 5.41) is -0.110. The van der Waals surface area contributed by atoms with Gasteiger partial charge in [-0.2, -0.15) is 13.2 Å². The van der Waals surface area contributed by atoms with E-state index in [0.29, 0.717) is 5.82 Å². The first kappa shape index (κ1) is 16.2. The zero-order chi connectivity index (χ0) is 16.5. The fourth-order valence-electron chi connectivity index (χ4n) is 1.71. The summed E-state index contributed by atoms with van der Waals surface area (Å²) in [6.45, 7) is 0. The Labute approximate surface area is 129 Å². The van der Waals surface area contributed by atoms with E-state index in [0.717, 1.165) is 24.3 Å². The molecule has 116 valence electrons. The van der Waals surface area contributed by atoms with E-state index in [1.54, 1.807) is 19.0 Å². The first-order valence-electron chi connectivity index (χ1n) is 6.12. The molecule has 0 atom stereocenters. The summed E-state index contributed by atoms with van der Waals surface area (Å²) in [7, 11) is 3.43. The van der Waals surface area contributed by atoms with E-state index >= 15 is 0 Å². The van der Waals surface area contributed by atoms with Gasteiger partial charge in [-0.25, -0.2) is 9.97 Å². The van der Waals surface area contributed by atoms with Crippen molar-refractivity contribution in [1.29, 1.82) is 0 Å². The minimum absolute atomic E-state index is 0.0171. The molecule has 22 heavy (non-hydrogen) atoms. The summed E-state index contributed by atoms with van der Waals surface area (Å²) in [5.74, 6) is -0.101. The number of aromatic nitrogens is 2. The van der Waals surface area contributed by atoms with Gasteiger partial charge in [0.2, 0.25) is 11.1 Å². The number of ketones is 1. The largest absolute Gasteiger partial charge is 0.416 e. The Kier molecular flexibility index (Phi) is 4.37. The van der Waals surface area contributed by atoms with Gasteiger partial charge in [0, 0.05) is 25.7 Å². The van der Waals surface area contributed by atoms with Crippen molar-refractivity contribution in [2.24, 2.45) is 0 Å². The van der Waals surface area contributed by atoms with Gasteiger partial charge in [-0.15, -0.1) is 0 Å². The molecule has 0 saturated carbocycles. The van der Waals surface area contributed by atoms with Crippen molar-refractivity contribution in [1.82, 2.24) is 9.97 Å². The average Bonchev–Trinajstić information content (AvgIpc) is 2.45. The zero-order valence-electron chi connectivity index (χ0n) is 11.6. The van der Waals surface area contributed by atoms with Crippen molar-refractivity contribution in [3.63, 3.8) is 0 Å². The maximum absolute atomic E-state index is 12.5. The van der Waals surface area contributed by atoms with Crippen LogP contribution in [0.5, 0.6) is 0 Å². The number of rotatable bonds is 3. The van der Waals surface area contributed by atoms with E-state index in [1.807, 2.05) is 0 Å². The van der Waals surface area contributed by atoms with Crippen LogP contribution in [-0.2, 0) is 6.18 Å². The number of nitrogens with zero attached hydrogens (tertiary/aromatic N) is 3. The number of hydrogen-bond donors (Lipinski definition) is 0. The van der Waals surface area contributed by atoms with E-state index in [2.05, 4.69) is 9.97 Å². The predicted molar refractivity (Wildman–Crippen MR) is 76.2 cm³/mol. The lowest BCUT2D eigenvalue weighted by atomic mass is 10.1. The highest BCUT2D eigenvalue weighted by Gasteiger charge is 2.30. The lowest BCUT2D eigenvalue weighted by Gasteiger charge is -2.12. The molecular weight excluding hydrogens is 319 g/mol. The summed E-state index contributed by atoms with van der Waals surface area (Å²) in [6.07, 6.45) is -4.45. The van der Waals surface area contributed by atoms with E-state index in [9.17, 15) is 18.0 Å². The number of benzene rings is 1. The molecule has 0 N–H and O–H groups in total. The second kappa shape index (κ2) is 5.92. The molecule has 0 aliphatic carbocycles. The molecule has 8 heteroatoms. The molecule has 0 radical (unpaired) electrons. The molecular formula is C14H11ClF3N3O. The molecule has 0 fully saturated rings. The van der Waals surface area contributed by atoms with Crippen LogP contribution in [0.4, 0.5) is 19.0 Å². The highest BCUT2D eigenvalue weighted by molar-refractivity contribution is 6.28. The van der Waals surface area contributed by atoms with Crippen molar-refractivity contribution < 1.29 is 18.0 Å². The molecule has 0 aliphatic rings. The van der Waals surface area contributed by atoms with Crippen LogP contribution < -0.4 is 4.90 Å². The van der Waals surface area contributed by atoms with Gasteiger partial charge in [0.05, 0.1) is 5.56 Å². The monoisotopic (exact) mass is 329 g/mol. The molecule has 1 aromatic carbocycles. The SMILES string of the molecule is CN(C)c1cc(C(=O)c2ccc(C(F)(F)F)cc2)nc(Cl)n1. The van der Waals surface area contributed by atoms with Crippen molar-refractivity contribution in [2.45, 2.75) is 6.18 Å². The van der Waals surface area contributed by atoms with Crippen LogP contribution in [0.1, 0.15) is 21.6 Å². The molecule has 1 aromatic heterocycles. The molecule has 0 unspecified atom stereocenters. The van der Waals surface area contributed by atoms with Gasteiger partial charge in [-0.05, 0) is 23.7 Å². The van der Waals surface area contributed by atoms with Gasteiger partial charge in [-0.3, -0.25) is 4.79 Å². The molecule has 0 saturated heterocycles. The van der Waals surface area contributed by atoms with Crippen molar-refractivity contribution in [3.05, 3.63) is 52.4 Å². The molecule has 1 heterocycles. The summed E-state index contributed by atoms with van der Waals surface area (Å²) in [4.78, 5) is 21.7. The van der Waals surface area contributed by atoms with Crippen LogP contribution in [0, 0.1) is 0 Å². The number of carbonyl (C=O) groups excluding carboxylic acids is 1. The predicted octanol–water partition coefficient (Wildman–Crippen LogP) is 3.45. The Morgan fingerprint density at radius 3 is 2.23 bits per heavy atom. The maximum atomic E-state index is 12.5. The zero-order valence-corrected chi connectivity index (χ0v) is 12.4. The van der Waals surface area contributed by atoms with Gasteiger partial charge in [0.25, 0.3) is 0 Å². The van der Waals surface area contributed by atoms with Crippen LogP contribution in [-0.4, -0.2) is 29.8 Å². The van der Waals surface area contributed by atoms with E-state index in [-0.39, 0.29) is 16.5 Å². The summed E-state index contributed by atoms with van der Waals surface area (Å²) >= 11 is 5.76. The normalized spacial score (nSPS) is 11.4. The Bertz CT molecular complexity index is 699. The van der Waals surface area contributed by atoms with Crippen molar-refractivity contribution in [3.8, 4) is 0 Å². The van der Waals surface area contributed by atoms with Crippen molar-refractivity contribution in [2.75, 3.05) is 19.0 Å². The molecule has 2 rings (SSSR count). The fraction of sp³-hybridized carbons (Fsp3) is 0.214. The average molecular weight is 330 g/mol. The summed E-state index contributed by atoms with van der Waals surface area (Å²) in [5.41, 5.74) is -0.713. The van der Waals surface area contributed by atoms with E-state index in [1.165, 1.54) is 6.07 Å². The Morgan fingerprint density at radius 2 is 1.73 bits per heavy atom. The third kappa shape index (κ3) is 3.54. The minimum atomic E-state index is -4.45. The molecule has 4 nitrogen and oxygen atoms in total. The van der Waals surface area contributed by atoms with Gasteiger partial charge >= 0.3 is 6.18 Å². The van der Waals surface area contributed by atoms with E-state index in [4.69, 9.17) is 11.6 Å². The number of anilines is 1.